The van der Waals surface area contributed by atoms with E-state index >= 15 is 0 Å². The molecule has 0 unspecified atom stereocenters. The minimum atomic E-state index is -0.648. The molecule has 0 N–H and O–H groups in total. The molecular formula is C11H12ClFO2. The molecule has 4 heteroatoms. The molecular weight excluding hydrogens is 219 g/mol. The zero-order valence-electron chi connectivity index (χ0n) is 8.64. The summed E-state index contributed by atoms with van der Waals surface area (Å²) >= 11 is 5.57. The van der Waals surface area contributed by atoms with E-state index < -0.39 is 11.8 Å². The summed E-state index contributed by atoms with van der Waals surface area (Å²) in [6, 6.07) is 3.08. The number of halogens is 2. The van der Waals surface area contributed by atoms with Crippen molar-refractivity contribution in [3.05, 3.63) is 34.6 Å². The number of aryl methyl sites for hydroxylation is 1. The van der Waals surface area contributed by atoms with Gasteiger partial charge in [0.05, 0.1) is 18.1 Å². The van der Waals surface area contributed by atoms with E-state index in [0.29, 0.717) is 5.56 Å². The first-order valence-corrected chi connectivity index (χ1v) is 5.15. The van der Waals surface area contributed by atoms with Gasteiger partial charge in [0.15, 0.2) is 0 Å². The Kier molecular flexibility index (Phi) is 4.09. The van der Waals surface area contributed by atoms with Crippen molar-refractivity contribution in [1.82, 2.24) is 0 Å². The average Bonchev–Trinajstić information content (AvgIpc) is 2.21. The van der Waals surface area contributed by atoms with Crippen molar-refractivity contribution >= 4 is 17.6 Å². The van der Waals surface area contributed by atoms with E-state index in [1.54, 1.807) is 19.9 Å². The molecule has 0 aliphatic carbocycles. The fraction of sp³-hybridized carbons (Fsp3) is 0.364. The number of hydrogen-bond acceptors (Lipinski definition) is 2. The molecule has 0 saturated heterocycles. The number of esters is 1. The van der Waals surface area contributed by atoms with Crippen LogP contribution in [0.3, 0.4) is 0 Å². The Balaban J connectivity index is 3.17. The van der Waals surface area contributed by atoms with E-state index in [2.05, 4.69) is 0 Å². The molecule has 15 heavy (non-hydrogen) atoms. The van der Waals surface area contributed by atoms with Crippen LogP contribution in [0, 0.1) is 12.7 Å². The first kappa shape index (κ1) is 12.0. The predicted molar refractivity (Wildman–Crippen MR) is 56.7 cm³/mol. The highest BCUT2D eigenvalue weighted by Crippen LogP contribution is 2.18. The quantitative estimate of drug-likeness (QED) is 0.589. The monoisotopic (exact) mass is 230 g/mol. The number of ether oxygens (including phenoxy) is 1. The van der Waals surface area contributed by atoms with Crippen molar-refractivity contribution < 1.29 is 13.9 Å². The molecule has 0 amide bonds. The normalized spacial score (nSPS) is 10.1. The Morgan fingerprint density at radius 2 is 2.20 bits per heavy atom. The molecule has 0 bridgehead atoms. The fourth-order valence-corrected chi connectivity index (χ4v) is 1.49. The third kappa shape index (κ3) is 2.69. The fourth-order valence-electron chi connectivity index (χ4n) is 1.30. The summed E-state index contributed by atoms with van der Waals surface area (Å²) in [6.07, 6.45) is 0. The summed E-state index contributed by atoms with van der Waals surface area (Å²) in [6.45, 7) is 3.68. The molecule has 0 aliphatic rings. The van der Waals surface area contributed by atoms with Gasteiger partial charge in [0, 0.05) is 5.56 Å². The van der Waals surface area contributed by atoms with Crippen LogP contribution in [-0.2, 0) is 10.6 Å². The highest BCUT2D eigenvalue weighted by Gasteiger charge is 2.16. The van der Waals surface area contributed by atoms with Gasteiger partial charge in [-0.25, -0.2) is 9.18 Å². The second-order valence-corrected chi connectivity index (χ2v) is 3.41. The summed E-state index contributed by atoms with van der Waals surface area (Å²) in [5.74, 6) is -1.20. The maximum absolute atomic E-state index is 13.6. The molecule has 0 atom stereocenters. The van der Waals surface area contributed by atoms with Gasteiger partial charge in [-0.2, -0.15) is 0 Å². The molecule has 1 aromatic carbocycles. The topological polar surface area (TPSA) is 26.3 Å². The third-order valence-electron chi connectivity index (χ3n) is 1.93. The Morgan fingerprint density at radius 1 is 1.53 bits per heavy atom. The molecule has 2 nitrogen and oxygen atoms in total. The number of rotatable bonds is 3. The Bertz CT molecular complexity index is 377. The first-order valence-electron chi connectivity index (χ1n) is 4.62. The van der Waals surface area contributed by atoms with Gasteiger partial charge in [-0.1, -0.05) is 6.07 Å². The second kappa shape index (κ2) is 5.12. The standard InChI is InChI=1S/C11H12ClFO2/c1-3-15-11(14)9-5-7(2)4-8(6-12)10(9)13/h4-5H,3,6H2,1-2H3. The van der Waals surface area contributed by atoms with E-state index in [9.17, 15) is 9.18 Å². The van der Waals surface area contributed by atoms with Crippen LogP contribution < -0.4 is 0 Å². The van der Waals surface area contributed by atoms with Gasteiger partial charge in [0.2, 0.25) is 0 Å². The molecule has 0 radical (unpaired) electrons. The maximum atomic E-state index is 13.6. The van der Waals surface area contributed by atoms with Gasteiger partial charge in [0.25, 0.3) is 0 Å². The summed E-state index contributed by atoms with van der Waals surface area (Å²) < 4.78 is 18.4. The van der Waals surface area contributed by atoms with Crippen LogP contribution in [0.4, 0.5) is 4.39 Å². The number of carbonyl (C=O) groups excluding carboxylic acids is 1. The predicted octanol–water partition coefficient (Wildman–Crippen LogP) is 3.05. The van der Waals surface area contributed by atoms with E-state index in [-0.39, 0.29) is 18.1 Å². The highest BCUT2D eigenvalue weighted by atomic mass is 35.5. The minimum absolute atomic E-state index is 0.0416. The summed E-state index contributed by atoms with van der Waals surface area (Å²) in [4.78, 5) is 11.4. The third-order valence-corrected chi connectivity index (χ3v) is 2.22. The molecule has 0 spiro atoms. The Labute approximate surface area is 93.0 Å². The van der Waals surface area contributed by atoms with Crippen molar-refractivity contribution in [2.75, 3.05) is 6.61 Å². The summed E-state index contributed by atoms with van der Waals surface area (Å²) in [5, 5.41) is 0. The van der Waals surface area contributed by atoms with Crippen molar-refractivity contribution in [1.29, 1.82) is 0 Å². The van der Waals surface area contributed by atoms with Crippen molar-refractivity contribution in [3.63, 3.8) is 0 Å². The van der Waals surface area contributed by atoms with Gasteiger partial charge >= 0.3 is 5.97 Å². The van der Waals surface area contributed by atoms with Crippen molar-refractivity contribution in [2.24, 2.45) is 0 Å². The van der Waals surface area contributed by atoms with Gasteiger partial charge < -0.3 is 4.74 Å². The second-order valence-electron chi connectivity index (χ2n) is 3.14. The lowest BCUT2D eigenvalue weighted by Gasteiger charge is -2.07. The van der Waals surface area contributed by atoms with Crippen LogP contribution in [0.15, 0.2) is 12.1 Å². The lowest BCUT2D eigenvalue weighted by atomic mass is 10.1. The van der Waals surface area contributed by atoms with Gasteiger partial charge in [-0.15, -0.1) is 11.6 Å². The lowest BCUT2D eigenvalue weighted by molar-refractivity contribution is 0.0520. The molecule has 1 rings (SSSR count). The zero-order valence-corrected chi connectivity index (χ0v) is 9.40. The first-order chi connectivity index (χ1) is 7.10. The lowest BCUT2D eigenvalue weighted by Crippen LogP contribution is -2.09. The minimum Gasteiger partial charge on any atom is -0.462 e. The molecule has 0 heterocycles. The van der Waals surface area contributed by atoms with E-state index in [1.165, 1.54) is 6.07 Å². The van der Waals surface area contributed by atoms with E-state index in [1.807, 2.05) is 0 Å². The van der Waals surface area contributed by atoms with Gasteiger partial charge in [0.1, 0.15) is 5.82 Å². The van der Waals surface area contributed by atoms with Crippen LogP contribution in [0.1, 0.15) is 28.4 Å². The largest absolute Gasteiger partial charge is 0.462 e. The number of benzene rings is 1. The van der Waals surface area contributed by atoms with Crippen LogP contribution >= 0.6 is 11.6 Å². The molecule has 82 valence electrons. The molecule has 0 fully saturated rings. The van der Waals surface area contributed by atoms with E-state index in [4.69, 9.17) is 16.3 Å². The molecule has 0 aromatic heterocycles. The highest BCUT2D eigenvalue weighted by molar-refractivity contribution is 6.17. The van der Waals surface area contributed by atoms with Crippen LogP contribution in [-0.4, -0.2) is 12.6 Å². The molecule has 0 aliphatic heterocycles. The Morgan fingerprint density at radius 3 is 2.73 bits per heavy atom. The maximum Gasteiger partial charge on any atom is 0.341 e. The van der Waals surface area contributed by atoms with E-state index in [0.717, 1.165) is 5.56 Å². The van der Waals surface area contributed by atoms with Crippen molar-refractivity contribution in [3.8, 4) is 0 Å². The van der Waals surface area contributed by atoms with Crippen molar-refractivity contribution in [2.45, 2.75) is 19.7 Å². The number of hydrogen-bond donors (Lipinski definition) is 0. The van der Waals surface area contributed by atoms with Crippen LogP contribution in [0.5, 0.6) is 0 Å². The number of carbonyl (C=O) groups is 1. The Hall–Kier alpha value is -1.09. The number of alkyl halides is 1. The summed E-state index contributed by atoms with van der Waals surface area (Å²) in [5.41, 5.74) is 1.06. The molecule has 1 aromatic rings. The SMILES string of the molecule is CCOC(=O)c1cc(C)cc(CCl)c1F. The molecule has 0 saturated carbocycles. The smallest absolute Gasteiger partial charge is 0.341 e. The zero-order chi connectivity index (χ0) is 11.4. The van der Waals surface area contributed by atoms with Gasteiger partial charge in [-0.3, -0.25) is 0 Å². The average molecular weight is 231 g/mol. The van der Waals surface area contributed by atoms with Crippen LogP contribution in [0.2, 0.25) is 0 Å². The summed E-state index contributed by atoms with van der Waals surface area (Å²) in [7, 11) is 0. The van der Waals surface area contributed by atoms with Gasteiger partial charge in [-0.05, 0) is 25.5 Å². The van der Waals surface area contributed by atoms with Crippen LogP contribution in [0.25, 0.3) is 0 Å².